The number of aromatic nitrogens is 3. The number of aromatic amines is 1. The third-order valence-corrected chi connectivity index (χ3v) is 8.28. The maximum absolute atomic E-state index is 12.3. The number of piperidine rings is 1. The number of benzene rings is 2. The summed E-state index contributed by atoms with van der Waals surface area (Å²) >= 11 is 0. The number of methoxy groups -OCH3 is 1. The van der Waals surface area contributed by atoms with Crippen molar-refractivity contribution >= 4 is 17.1 Å². The van der Waals surface area contributed by atoms with Crippen LogP contribution in [0.3, 0.4) is 0 Å². The van der Waals surface area contributed by atoms with Gasteiger partial charge < -0.3 is 19.5 Å². The topological polar surface area (TPSA) is 77.6 Å². The Kier molecular flexibility index (Phi) is 6.83. The number of nitrogens with one attached hydrogen (secondary N) is 1. The number of ether oxygens (including phenoxy) is 1. The molecule has 0 unspecified atom stereocenters. The van der Waals surface area contributed by atoms with Crippen LogP contribution in [0, 0.1) is 0 Å². The van der Waals surface area contributed by atoms with Crippen molar-refractivity contribution in [2.24, 2.45) is 0 Å². The van der Waals surface area contributed by atoms with Crippen molar-refractivity contribution < 1.29 is 9.53 Å². The molecule has 0 bridgehead atoms. The molecule has 2 aliphatic rings. The van der Waals surface area contributed by atoms with Gasteiger partial charge in [0.2, 0.25) is 0 Å². The standard InChI is InChI=1S/C31H36N6O2/c1-35(2)31(38)21-7-5-20(6-8-21)25-17-32-30-29(25)34-27(18-33-30)23-15-22-9-14-37(19-26(22)28(16-23)39-4)24-10-12-36(3)13-11-24/h5-8,15-18,24H,9-14,19H2,1-4H3,(H,32,33). The molecule has 202 valence electrons. The zero-order valence-electron chi connectivity index (χ0n) is 23.2. The number of nitrogens with zero attached hydrogens (tertiary/aromatic N) is 5. The summed E-state index contributed by atoms with van der Waals surface area (Å²) in [6.07, 6.45) is 7.23. The van der Waals surface area contributed by atoms with E-state index in [0.29, 0.717) is 11.6 Å². The fourth-order valence-corrected chi connectivity index (χ4v) is 5.95. The van der Waals surface area contributed by atoms with Gasteiger partial charge in [-0.1, -0.05) is 12.1 Å². The van der Waals surface area contributed by atoms with Gasteiger partial charge in [0.1, 0.15) is 11.3 Å². The van der Waals surface area contributed by atoms with E-state index in [2.05, 4.69) is 38.9 Å². The monoisotopic (exact) mass is 524 g/mol. The van der Waals surface area contributed by atoms with Gasteiger partial charge in [-0.15, -0.1) is 0 Å². The van der Waals surface area contributed by atoms with Gasteiger partial charge in [0.25, 0.3) is 5.91 Å². The Labute approximate surface area is 229 Å². The van der Waals surface area contributed by atoms with Crippen molar-refractivity contribution in [3.05, 3.63) is 65.5 Å². The lowest BCUT2D eigenvalue weighted by atomic mass is 9.92. The number of hydrogen-bond donors (Lipinski definition) is 1. The quantitative estimate of drug-likeness (QED) is 0.416. The van der Waals surface area contributed by atoms with Gasteiger partial charge in [-0.05, 0) is 74.8 Å². The molecule has 2 aromatic carbocycles. The molecule has 0 atom stereocenters. The van der Waals surface area contributed by atoms with Crippen molar-refractivity contribution in [2.75, 3.05) is 47.9 Å². The largest absolute Gasteiger partial charge is 0.496 e. The highest BCUT2D eigenvalue weighted by Crippen LogP contribution is 2.36. The first-order valence-corrected chi connectivity index (χ1v) is 13.7. The summed E-state index contributed by atoms with van der Waals surface area (Å²) in [6.45, 7) is 4.36. The Bertz CT molecular complexity index is 1480. The highest BCUT2D eigenvalue weighted by molar-refractivity contribution is 5.96. The number of rotatable bonds is 5. The van der Waals surface area contributed by atoms with Gasteiger partial charge in [0.05, 0.1) is 19.0 Å². The van der Waals surface area contributed by atoms with E-state index >= 15 is 0 Å². The number of hydrogen-bond acceptors (Lipinski definition) is 6. The molecule has 1 fully saturated rings. The van der Waals surface area contributed by atoms with E-state index < -0.39 is 0 Å². The molecule has 0 spiro atoms. The second-order valence-corrected chi connectivity index (χ2v) is 11.0. The molecule has 8 heteroatoms. The molecule has 0 aliphatic carbocycles. The zero-order chi connectivity index (χ0) is 27.1. The number of amides is 1. The predicted octanol–water partition coefficient (Wildman–Crippen LogP) is 4.45. The maximum atomic E-state index is 12.3. The van der Waals surface area contributed by atoms with E-state index in [4.69, 9.17) is 9.72 Å². The van der Waals surface area contributed by atoms with Gasteiger partial charge >= 0.3 is 0 Å². The van der Waals surface area contributed by atoms with Crippen LogP contribution in [0.15, 0.2) is 48.8 Å². The molecule has 6 rings (SSSR count). The van der Waals surface area contributed by atoms with Gasteiger partial charge in [-0.3, -0.25) is 9.69 Å². The lowest BCUT2D eigenvalue weighted by Crippen LogP contribution is -2.45. The lowest BCUT2D eigenvalue weighted by molar-refractivity contribution is 0.0827. The van der Waals surface area contributed by atoms with Crippen LogP contribution in [0.4, 0.5) is 0 Å². The van der Waals surface area contributed by atoms with Crippen LogP contribution in [-0.2, 0) is 13.0 Å². The van der Waals surface area contributed by atoms with E-state index in [-0.39, 0.29) is 5.91 Å². The Morgan fingerprint density at radius 2 is 1.85 bits per heavy atom. The number of likely N-dealkylation sites (tertiary alicyclic amines) is 1. The molecular formula is C31H36N6O2. The predicted molar refractivity (Wildman–Crippen MR) is 154 cm³/mol. The number of fused-ring (bicyclic) bond motifs is 2. The SMILES string of the molecule is COc1cc(-c2cnc3[nH]cc(-c4ccc(C(=O)N(C)C)cc4)c3n2)cc2c1CN(C1CCN(C)CC1)CC2. The normalized spacial score (nSPS) is 16.8. The van der Waals surface area contributed by atoms with Crippen LogP contribution in [0.2, 0.25) is 0 Å². The molecule has 39 heavy (non-hydrogen) atoms. The first kappa shape index (κ1) is 25.5. The zero-order valence-corrected chi connectivity index (χ0v) is 23.2. The average Bonchev–Trinajstić information content (AvgIpc) is 3.39. The number of carbonyl (C=O) groups is 1. The summed E-state index contributed by atoms with van der Waals surface area (Å²) in [5.41, 5.74) is 8.63. The Balaban J connectivity index is 1.30. The molecule has 8 nitrogen and oxygen atoms in total. The van der Waals surface area contributed by atoms with Crippen LogP contribution >= 0.6 is 0 Å². The second-order valence-electron chi connectivity index (χ2n) is 11.0. The van der Waals surface area contributed by atoms with Crippen molar-refractivity contribution in [2.45, 2.75) is 31.8 Å². The highest BCUT2D eigenvalue weighted by Gasteiger charge is 2.28. The van der Waals surface area contributed by atoms with Gasteiger partial charge in [-0.2, -0.15) is 0 Å². The molecular weight excluding hydrogens is 488 g/mol. The van der Waals surface area contributed by atoms with Crippen LogP contribution in [0.1, 0.15) is 34.3 Å². The van der Waals surface area contributed by atoms with Gasteiger partial charge in [0, 0.05) is 61.7 Å². The van der Waals surface area contributed by atoms with Crippen LogP contribution in [-0.4, -0.2) is 89.5 Å². The lowest BCUT2D eigenvalue weighted by Gasteiger charge is -2.40. The summed E-state index contributed by atoms with van der Waals surface area (Å²) in [4.78, 5) is 31.9. The molecule has 1 saturated heterocycles. The first-order chi connectivity index (χ1) is 18.9. The fourth-order valence-electron chi connectivity index (χ4n) is 5.95. The van der Waals surface area contributed by atoms with E-state index in [1.54, 1.807) is 26.1 Å². The van der Waals surface area contributed by atoms with Crippen molar-refractivity contribution in [3.8, 4) is 28.1 Å². The fraction of sp³-hybridized carbons (Fsp3) is 0.387. The molecule has 0 saturated carbocycles. The minimum absolute atomic E-state index is 0.0154. The number of carbonyl (C=O) groups excluding carboxylic acids is 1. The summed E-state index contributed by atoms with van der Waals surface area (Å²) in [5, 5.41) is 0. The van der Waals surface area contributed by atoms with Crippen molar-refractivity contribution in [1.29, 1.82) is 0 Å². The first-order valence-electron chi connectivity index (χ1n) is 13.7. The molecule has 4 heterocycles. The summed E-state index contributed by atoms with van der Waals surface area (Å²) in [6, 6.07) is 12.7. The number of H-pyrrole nitrogens is 1. The molecule has 1 N–H and O–H groups in total. The maximum Gasteiger partial charge on any atom is 0.253 e. The summed E-state index contributed by atoms with van der Waals surface area (Å²) in [7, 11) is 7.49. The Morgan fingerprint density at radius 1 is 1.08 bits per heavy atom. The second kappa shape index (κ2) is 10.4. The summed E-state index contributed by atoms with van der Waals surface area (Å²) in [5.74, 6) is 0.913. The third-order valence-electron chi connectivity index (χ3n) is 8.28. The minimum atomic E-state index is -0.0154. The minimum Gasteiger partial charge on any atom is -0.496 e. The van der Waals surface area contributed by atoms with Crippen molar-refractivity contribution in [1.82, 2.24) is 29.7 Å². The Morgan fingerprint density at radius 3 is 2.56 bits per heavy atom. The van der Waals surface area contributed by atoms with Crippen LogP contribution in [0.5, 0.6) is 5.75 Å². The van der Waals surface area contributed by atoms with E-state index in [1.807, 2.05) is 36.7 Å². The van der Waals surface area contributed by atoms with E-state index in [1.165, 1.54) is 37.1 Å². The average molecular weight is 525 g/mol. The van der Waals surface area contributed by atoms with Crippen LogP contribution in [0.25, 0.3) is 33.5 Å². The van der Waals surface area contributed by atoms with Gasteiger partial charge in [0.15, 0.2) is 5.65 Å². The molecule has 1 amide bonds. The van der Waals surface area contributed by atoms with Crippen LogP contribution < -0.4 is 4.74 Å². The summed E-state index contributed by atoms with van der Waals surface area (Å²) < 4.78 is 5.92. The van der Waals surface area contributed by atoms with E-state index in [0.717, 1.165) is 58.8 Å². The van der Waals surface area contributed by atoms with E-state index in [9.17, 15) is 4.79 Å². The highest BCUT2D eigenvalue weighted by atomic mass is 16.5. The smallest absolute Gasteiger partial charge is 0.253 e. The van der Waals surface area contributed by atoms with Gasteiger partial charge in [-0.25, -0.2) is 9.97 Å². The molecule has 4 aromatic rings. The molecule has 2 aliphatic heterocycles. The van der Waals surface area contributed by atoms with Crippen molar-refractivity contribution in [3.63, 3.8) is 0 Å². The molecule has 0 radical (unpaired) electrons. The Hall–Kier alpha value is -3.75. The third kappa shape index (κ3) is 4.90. The molecule has 2 aromatic heterocycles.